The van der Waals surface area contributed by atoms with E-state index in [0.29, 0.717) is 13.2 Å². The third kappa shape index (κ3) is 7.04. The van der Waals surface area contributed by atoms with Gasteiger partial charge in [-0.1, -0.05) is 22.0 Å². The Kier molecular flexibility index (Phi) is 9.15. The Morgan fingerprint density at radius 2 is 2.04 bits per heavy atom. The number of carbonyl (C=O) groups is 2. The molecule has 6 nitrogen and oxygen atoms in total. The average molecular weight is 452 g/mol. The molecule has 2 rings (SSSR count). The van der Waals surface area contributed by atoms with Gasteiger partial charge < -0.3 is 15.0 Å². The number of amides is 2. The maximum absolute atomic E-state index is 12.8. The number of aryl methyl sites for hydroxylation is 1. The lowest BCUT2D eigenvalue weighted by molar-refractivity contribution is -0.131. The first-order valence-electron chi connectivity index (χ1n) is 9.63. The Morgan fingerprint density at radius 1 is 1.25 bits per heavy atom. The van der Waals surface area contributed by atoms with Crippen LogP contribution in [0.1, 0.15) is 31.2 Å². The van der Waals surface area contributed by atoms with E-state index in [0.717, 1.165) is 40.7 Å². The smallest absolute Gasteiger partial charge is 0.240 e. The van der Waals surface area contributed by atoms with E-state index in [1.807, 2.05) is 30.0 Å². The highest BCUT2D eigenvalue weighted by molar-refractivity contribution is 9.10. The van der Waals surface area contributed by atoms with Crippen LogP contribution in [0.25, 0.3) is 0 Å². The summed E-state index contributed by atoms with van der Waals surface area (Å²) in [7, 11) is 3.42. The molecule has 1 aliphatic carbocycles. The van der Waals surface area contributed by atoms with Crippen LogP contribution in [0.5, 0.6) is 0 Å². The van der Waals surface area contributed by atoms with Crippen molar-refractivity contribution in [3.8, 4) is 0 Å². The lowest BCUT2D eigenvalue weighted by Crippen LogP contribution is -2.42. The Morgan fingerprint density at radius 3 is 2.68 bits per heavy atom. The highest BCUT2D eigenvalue weighted by atomic mass is 79.9. The number of anilines is 1. The van der Waals surface area contributed by atoms with E-state index < -0.39 is 0 Å². The zero-order valence-electron chi connectivity index (χ0n) is 17.0. The van der Waals surface area contributed by atoms with Gasteiger partial charge in [0.1, 0.15) is 0 Å². The topological polar surface area (TPSA) is 61.9 Å². The normalized spacial score (nSPS) is 14.0. The zero-order valence-corrected chi connectivity index (χ0v) is 18.5. The fourth-order valence-corrected chi connectivity index (χ4v) is 3.73. The summed E-state index contributed by atoms with van der Waals surface area (Å²) < 4.78 is 6.14. The van der Waals surface area contributed by atoms with E-state index in [9.17, 15) is 9.59 Å². The van der Waals surface area contributed by atoms with Gasteiger partial charge in [-0.15, -0.1) is 0 Å². The molecule has 1 aromatic carbocycles. The minimum Gasteiger partial charge on any atom is -0.383 e. The summed E-state index contributed by atoms with van der Waals surface area (Å²) in [5.41, 5.74) is 2.84. The number of benzene rings is 1. The van der Waals surface area contributed by atoms with Crippen LogP contribution in [-0.2, 0) is 14.3 Å². The van der Waals surface area contributed by atoms with E-state index in [1.54, 1.807) is 19.1 Å². The molecule has 0 saturated heterocycles. The van der Waals surface area contributed by atoms with Crippen molar-refractivity contribution in [3.63, 3.8) is 0 Å². The van der Waals surface area contributed by atoms with Crippen LogP contribution in [-0.4, -0.2) is 62.0 Å². The van der Waals surface area contributed by atoms with Gasteiger partial charge in [0.15, 0.2) is 0 Å². The third-order valence-electron chi connectivity index (χ3n) is 4.72. The standard InChI is InChI=1S/C21H30BrN3O3/c1-16-13-17(22)9-10-19(16)23-20(26)14-24(2)15-21(27)25(11-12-28-3)18-7-5-4-6-8-18/h7,9-10,13H,4-6,8,11-12,14-15H2,1-3H3,(H,23,26). The van der Waals surface area contributed by atoms with Gasteiger partial charge in [0.05, 0.1) is 19.7 Å². The van der Waals surface area contributed by atoms with Crippen molar-refractivity contribution in [2.75, 3.05) is 45.7 Å². The monoisotopic (exact) mass is 451 g/mol. The first-order chi connectivity index (χ1) is 13.4. The maximum Gasteiger partial charge on any atom is 0.240 e. The lowest BCUT2D eigenvalue weighted by atomic mass is 10.0. The molecule has 0 fully saturated rings. The van der Waals surface area contributed by atoms with E-state index in [1.165, 1.54) is 6.42 Å². The van der Waals surface area contributed by atoms with Gasteiger partial charge in [0, 0.05) is 29.5 Å². The van der Waals surface area contributed by atoms with Gasteiger partial charge in [0.2, 0.25) is 11.8 Å². The number of allylic oxidation sites excluding steroid dienone is 2. The maximum atomic E-state index is 12.8. The van der Waals surface area contributed by atoms with Gasteiger partial charge >= 0.3 is 0 Å². The van der Waals surface area contributed by atoms with E-state index in [-0.39, 0.29) is 24.9 Å². The molecule has 1 aliphatic rings. The van der Waals surface area contributed by atoms with Crippen LogP contribution in [0, 0.1) is 6.92 Å². The summed E-state index contributed by atoms with van der Waals surface area (Å²) >= 11 is 3.42. The van der Waals surface area contributed by atoms with Crippen LogP contribution < -0.4 is 5.32 Å². The number of hydrogen-bond donors (Lipinski definition) is 1. The Balaban J connectivity index is 1.91. The first-order valence-corrected chi connectivity index (χ1v) is 10.4. The highest BCUT2D eigenvalue weighted by Gasteiger charge is 2.21. The summed E-state index contributed by atoms with van der Waals surface area (Å²) in [6.07, 6.45) is 6.36. The van der Waals surface area contributed by atoms with Crippen LogP contribution in [0.3, 0.4) is 0 Å². The van der Waals surface area contributed by atoms with Gasteiger partial charge in [-0.2, -0.15) is 0 Å². The van der Waals surface area contributed by atoms with Crippen molar-refractivity contribution in [2.45, 2.75) is 32.6 Å². The molecule has 154 valence electrons. The summed E-state index contributed by atoms with van der Waals surface area (Å²) in [5, 5.41) is 2.91. The number of nitrogens with zero attached hydrogens (tertiary/aromatic N) is 2. The summed E-state index contributed by atoms with van der Waals surface area (Å²) in [6, 6.07) is 5.71. The van der Waals surface area contributed by atoms with Crippen LogP contribution in [0.4, 0.5) is 5.69 Å². The summed E-state index contributed by atoms with van der Waals surface area (Å²) in [4.78, 5) is 28.8. The van der Waals surface area contributed by atoms with Crippen molar-refractivity contribution in [1.82, 2.24) is 9.80 Å². The summed E-state index contributed by atoms with van der Waals surface area (Å²) in [6.45, 7) is 3.32. The molecule has 1 aromatic rings. The molecule has 0 atom stereocenters. The molecule has 0 radical (unpaired) electrons. The molecule has 0 aromatic heterocycles. The van der Waals surface area contributed by atoms with Crippen molar-refractivity contribution in [1.29, 1.82) is 0 Å². The van der Waals surface area contributed by atoms with Crippen molar-refractivity contribution >= 4 is 33.4 Å². The van der Waals surface area contributed by atoms with Gasteiger partial charge in [-0.3, -0.25) is 14.5 Å². The van der Waals surface area contributed by atoms with Crippen molar-refractivity contribution in [2.24, 2.45) is 0 Å². The SMILES string of the molecule is COCCN(C(=O)CN(C)CC(=O)Nc1ccc(Br)cc1C)C1=CCCCC1. The van der Waals surface area contributed by atoms with E-state index in [2.05, 4.69) is 27.3 Å². The largest absolute Gasteiger partial charge is 0.383 e. The molecule has 0 heterocycles. The number of ether oxygens (including phenoxy) is 1. The Bertz CT molecular complexity index is 721. The number of nitrogens with one attached hydrogen (secondary N) is 1. The molecule has 28 heavy (non-hydrogen) atoms. The van der Waals surface area contributed by atoms with Crippen LogP contribution >= 0.6 is 15.9 Å². The second kappa shape index (κ2) is 11.3. The highest BCUT2D eigenvalue weighted by Crippen LogP contribution is 2.22. The number of rotatable bonds is 9. The Hall–Kier alpha value is -1.70. The number of methoxy groups -OCH3 is 1. The number of carbonyl (C=O) groups excluding carboxylic acids is 2. The van der Waals surface area contributed by atoms with Crippen molar-refractivity contribution in [3.05, 3.63) is 40.0 Å². The molecule has 0 spiro atoms. The predicted molar refractivity (Wildman–Crippen MR) is 115 cm³/mol. The molecule has 0 unspecified atom stereocenters. The zero-order chi connectivity index (χ0) is 20.5. The predicted octanol–water partition coefficient (Wildman–Crippen LogP) is 3.56. The molecule has 1 N–H and O–H groups in total. The second-order valence-electron chi connectivity index (χ2n) is 7.16. The molecule has 7 heteroatoms. The van der Waals surface area contributed by atoms with E-state index >= 15 is 0 Å². The quantitative estimate of drug-likeness (QED) is 0.623. The van der Waals surface area contributed by atoms with Crippen molar-refractivity contribution < 1.29 is 14.3 Å². The minimum atomic E-state index is -0.138. The number of halogens is 1. The van der Waals surface area contributed by atoms with Gasteiger partial charge in [-0.25, -0.2) is 0 Å². The average Bonchev–Trinajstić information content (AvgIpc) is 2.65. The number of hydrogen-bond acceptors (Lipinski definition) is 4. The molecule has 0 aliphatic heterocycles. The fraction of sp³-hybridized carbons (Fsp3) is 0.524. The Labute approximate surface area is 176 Å². The van der Waals surface area contributed by atoms with E-state index in [4.69, 9.17) is 4.74 Å². The molecule has 0 saturated carbocycles. The minimum absolute atomic E-state index is 0.000298. The van der Waals surface area contributed by atoms with Crippen LogP contribution in [0.2, 0.25) is 0 Å². The molecular weight excluding hydrogens is 422 g/mol. The van der Waals surface area contributed by atoms with Crippen LogP contribution in [0.15, 0.2) is 34.4 Å². The third-order valence-corrected chi connectivity index (χ3v) is 5.21. The molecular formula is C21H30BrN3O3. The molecule has 0 bridgehead atoms. The number of likely N-dealkylation sites (N-methyl/N-ethyl adjacent to an activating group) is 1. The lowest BCUT2D eigenvalue weighted by Gasteiger charge is -2.29. The summed E-state index contributed by atoms with van der Waals surface area (Å²) in [5.74, 6) is -0.138. The molecule has 2 amide bonds. The fourth-order valence-electron chi connectivity index (χ4n) is 3.25. The second-order valence-corrected chi connectivity index (χ2v) is 8.07. The first kappa shape index (κ1) is 22.6. The van der Waals surface area contributed by atoms with Gasteiger partial charge in [-0.05, 0) is 63.4 Å². The van der Waals surface area contributed by atoms with Gasteiger partial charge in [0.25, 0.3) is 0 Å².